The predicted molar refractivity (Wildman–Crippen MR) is 121 cm³/mol. The maximum absolute atomic E-state index is 13.4. The highest BCUT2D eigenvalue weighted by Gasteiger charge is 2.73. The largest absolute Gasteiger partial charge is 0.472 e. The van der Waals surface area contributed by atoms with Gasteiger partial charge in [0.25, 0.3) is 0 Å². The number of ether oxygens (including phenoxy) is 3. The molecule has 0 N–H and O–H groups in total. The number of carbonyl (C=O) groups excluding carboxylic acids is 3. The Bertz CT molecular complexity index is 1060. The Morgan fingerprint density at radius 1 is 1.24 bits per heavy atom. The zero-order chi connectivity index (χ0) is 24.7. The summed E-state index contributed by atoms with van der Waals surface area (Å²) in [7, 11) is 1.38. The van der Waals surface area contributed by atoms with Crippen LogP contribution < -0.4 is 0 Å². The molecule has 1 spiro atoms. The number of ketones is 1. The van der Waals surface area contributed by atoms with E-state index in [9.17, 15) is 14.4 Å². The minimum atomic E-state index is -0.949. The Labute approximate surface area is 200 Å². The van der Waals surface area contributed by atoms with Gasteiger partial charge in [-0.1, -0.05) is 34.3 Å². The van der Waals surface area contributed by atoms with Crippen LogP contribution in [0.5, 0.6) is 0 Å². The molecule has 4 fully saturated rings. The van der Waals surface area contributed by atoms with Crippen LogP contribution in [0, 0.1) is 28.1 Å². The Hall–Kier alpha value is -2.41. The highest BCUT2D eigenvalue weighted by Crippen LogP contribution is 2.71. The fourth-order valence-corrected chi connectivity index (χ4v) is 7.88. The van der Waals surface area contributed by atoms with Crippen LogP contribution in [-0.4, -0.2) is 36.5 Å². The van der Waals surface area contributed by atoms with E-state index >= 15 is 0 Å². The molecule has 7 atom stereocenters. The number of carbonyl (C=O) groups is 3. The van der Waals surface area contributed by atoms with Crippen molar-refractivity contribution in [1.82, 2.24) is 0 Å². The van der Waals surface area contributed by atoms with Gasteiger partial charge in [-0.3, -0.25) is 14.4 Å². The molecule has 0 radical (unpaired) electrons. The quantitative estimate of drug-likeness (QED) is 0.472. The number of fused-ring (bicyclic) bond motifs is 3. The summed E-state index contributed by atoms with van der Waals surface area (Å²) in [6.07, 6.45) is 4.23. The molecule has 7 heteroatoms. The Morgan fingerprint density at radius 2 is 1.97 bits per heavy atom. The van der Waals surface area contributed by atoms with Gasteiger partial charge >= 0.3 is 11.9 Å². The number of methoxy groups -OCH3 is 1. The van der Waals surface area contributed by atoms with E-state index in [0.717, 1.165) is 24.0 Å². The van der Waals surface area contributed by atoms with Crippen LogP contribution in [0.25, 0.3) is 0 Å². The van der Waals surface area contributed by atoms with Gasteiger partial charge in [0.15, 0.2) is 0 Å². The normalized spacial score (nSPS) is 42.9. The van der Waals surface area contributed by atoms with Crippen molar-refractivity contribution < 1.29 is 33.0 Å². The molecule has 184 valence electrons. The van der Waals surface area contributed by atoms with Gasteiger partial charge in [0.1, 0.15) is 17.5 Å². The molecular formula is C27H34O7. The van der Waals surface area contributed by atoms with E-state index in [1.54, 1.807) is 12.5 Å². The van der Waals surface area contributed by atoms with Crippen LogP contribution in [0.3, 0.4) is 0 Å². The number of hydrogen-bond acceptors (Lipinski definition) is 7. The molecule has 0 aromatic carbocycles. The van der Waals surface area contributed by atoms with E-state index in [0.29, 0.717) is 0 Å². The maximum atomic E-state index is 13.4. The second-order valence-corrected chi connectivity index (χ2v) is 11.6. The van der Waals surface area contributed by atoms with Gasteiger partial charge in [-0.2, -0.15) is 0 Å². The van der Waals surface area contributed by atoms with Crippen molar-refractivity contribution in [3.63, 3.8) is 0 Å². The standard InChI is InChI=1S/C27H34O7/c1-15-17-7-9-25(4)23(16-8-10-32-14-16)33-22(30)13-27(15,25)34-20-12-19(28)24(2,3)18(26(17,20)5)11-21(29)31-6/h8,10,14,17-18,20,23H,1,7,9,11-13H2,2-6H3/t17?,18-,20?,23+,25+,26+,27?/m0/s1. The summed E-state index contributed by atoms with van der Waals surface area (Å²) in [5.74, 6) is -0.889. The summed E-state index contributed by atoms with van der Waals surface area (Å²) in [4.78, 5) is 38.8. The molecule has 2 aliphatic carbocycles. The average molecular weight is 471 g/mol. The van der Waals surface area contributed by atoms with Crippen LogP contribution in [0.1, 0.15) is 71.5 Å². The van der Waals surface area contributed by atoms with Gasteiger partial charge in [0, 0.05) is 34.7 Å². The average Bonchev–Trinajstić information content (AvgIpc) is 3.30. The van der Waals surface area contributed by atoms with Crippen molar-refractivity contribution in [2.75, 3.05) is 7.11 Å². The highest BCUT2D eigenvalue weighted by atomic mass is 16.6. The topological polar surface area (TPSA) is 92.0 Å². The number of esters is 2. The monoisotopic (exact) mass is 470 g/mol. The van der Waals surface area contributed by atoms with E-state index in [1.807, 2.05) is 19.9 Å². The summed E-state index contributed by atoms with van der Waals surface area (Å²) in [6, 6.07) is 1.82. The molecule has 3 heterocycles. The van der Waals surface area contributed by atoms with Crippen molar-refractivity contribution in [2.24, 2.45) is 28.1 Å². The minimum Gasteiger partial charge on any atom is -0.472 e. The fourth-order valence-electron chi connectivity index (χ4n) is 7.88. The van der Waals surface area contributed by atoms with Crippen molar-refractivity contribution in [1.29, 1.82) is 0 Å². The second-order valence-electron chi connectivity index (χ2n) is 11.6. The van der Waals surface area contributed by atoms with Gasteiger partial charge in [0.05, 0.1) is 32.2 Å². The molecule has 2 aliphatic heterocycles. The van der Waals surface area contributed by atoms with E-state index in [-0.39, 0.29) is 48.8 Å². The fraction of sp³-hybridized carbons (Fsp3) is 0.667. The van der Waals surface area contributed by atoms with E-state index in [4.69, 9.17) is 18.6 Å². The summed E-state index contributed by atoms with van der Waals surface area (Å²) in [5.41, 5.74) is -1.05. The molecule has 3 unspecified atom stereocenters. The third kappa shape index (κ3) is 2.76. The van der Waals surface area contributed by atoms with Crippen molar-refractivity contribution >= 4 is 17.7 Å². The minimum absolute atomic E-state index is 0.00254. The van der Waals surface area contributed by atoms with E-state index in [1.165, 1.54) is 7.11 Å². The summed E-state index contributed by atoms with van der Waals surface area (Å²) in [6.45, 7) is 12.6. The van der Waals surface area contributed by atoms with E-state index in [2.05, 4.69) is 20.4 Å². The SMILES string of the molecule is C=C1C2CC[C@]3(C)[C@@H](c4ccoc4)OC(=O)CC13OC1CC(=O)C(C)(C)[C@H](CC(=O)OC)[C@]12C. The Kier molecular flexibility index (Phi) is 5.01. The summed E-state index contributed by atoms with van der Waals surface area (Å²) < 4.78 is 23.2. The molecule has 34 heavy (non-hydrogen) atoms. The molecule has 2 bridgehead atoms. The zero-order valence-corrected chi connectivity index (χ0v) is 20.6. The third-order valence-electron chi connectivity index (χ3n) is 9.98. The van der Waals surface area contributed by atoms with Crippen LogP contribution in [0.4, 0.5) is 0 Å². The maximum Gasteiger partial charge on any atom is 0.309 e. The zero-order valence-electron chi connectivity index (χ0n) is 20.6. The smallest absolute Gasteiger partial charge is 0.309 e. The van der Waals surface area contributed by atoms with Crippen LogP contribution in [0.15, 0.2) is 35.2 Å². The lowest BCUT2D eigenvalue weighted by molar-refractivity contribution is -0.298. The van der Waals surface area contributed by atoms with Crippen LogP contribution >= 0.6 is 0 Å². The van der Waals surface area contributed by atoms with Crippen molar-refractivity contribution in [2.45, 2.75) is 77.6 Å². The lowest BCUT2D eigenvalue weighted by Gasteiger charge is -2.70. The molecule has 4 aliphatic rings. The predicted octanol–water partition coefficient (Wildman–Crippen LogP) is 4.56. The molecule has 1 aromatic rings. The lowest BCUT2D eigenvalue weighted by atomic mass is 9.41. The van der Waals surface area contributed by atoms with Gasteiger partial charge in [-0.25, -0.2) is 0 Å². The number of rotatable bonds is 3. The number of cyclic esters (lactones) is 1. The first-order valence-corrected chi connectivity index (χ1v) is 12.1. The number of Topliss-reactive ketones (excluding diaryl/α,β-unsaturated/α-hetero) is 1. The molecule has 2 saturated heterocycles. The van der Waals surface area contributed by atoms with Gasteiger partial charge in [-0.05, 0) is 36.3 Å². The van der Waals surface area contributed by atoms with Crippen molar-refractivity contribution in [3.8, 4) is 0 Å². The summed E-state index contributed by atoms with van der Waals surface area (Å²) >= 11 is 0. The van der Waals surface area contributed by atoms with Crippen LogP contribution in [0.2, 0.25) is 0 Å². The first-order chi connectivity index (χ1) is 15.9. The highest BCUT2D eigenvalue weighted by molar-refractivity contribution is 5.87. The number of hydrogen-bond donors (Lipinski definition) is 0. The van der Waals surface area contributed by atoms with Gasteiger partial charge < -0.3 is 18.6 Å². The van der Waals surface area contributed by atoms with Gasteiger partial charge in [-0.15, -0.1) is 0 Å². The Balaban J connectivity index is 1.63. The molecule has 1 aromatic heterocycles. The molecule has 5 rings (SSSR count). The summed E-state index contributed by atoms with van der Waals surface area (Å²) in [5, 5.41) is 0. The molecular weight excluding hydrogens is 436 g/mol. The molecule has 2 saturated carbocycles. The van der Waals surface area contributed by atoms with Crippen molar-refractivity contribution in [3.05, 3.63) is 36.3 Å². The second kappa shape index (κ2) is 7.30. The third-order valence-corrected chi connectivity index (χ3v) is 9.98. The first kappa shape index (κ1) is 23.3. The first-order valence-electron chi connectivity index (χ1n) is 12.1. The molecule has 7 nitrogen and oxygen atoms in total. The number of furan rings is 1. The lowest BCUT2D eigenvalue weighted by Crippen LogP contribution is -2.72. The molecule has 0 amide bonds. The van der Waals surface area contributed by atoms with Crippen LogP contribution in [-0.2, 0) is 28.6 Å². The van der Waals surface area contributed by atoms with E-state index < -0.39 is 34.1 Å². The Morgan fingerprint density at radius 3 is 2.62 bits per heavy atom. The van der Waals surface area contributed by atoms with Gasteiger partial charge in [0.2, 0.25) is 0 Å².